The van der Waals surface area contributed by atoms with Crippen molar-refractivity contribution in [2.45, 2.75) is 11.3 Å². The third-order valence-corrected chi connectivity index (χ3v) is 4.21. The largest absolute Gasteiger partial charge is 0.384 e. The van der Waals surface area contributed by atoms with E-state index in [1.165, 1.54) is 13.0 Å². The summed E-state index contributed by atoms with van der Waals surface area (Å²) in [5.74, 6) is 0.694. The molecule has 1 heterocycles. The number of nitrogens with one attached hydrogen (secondary N) is 1. The highest BCUT2D eigenvalue weighted by Gasteiger charge is 2.19. The molecule has 0 aliphatic carbocycles. The van der Waals surface area contributed by atoms with Crippen LogP contribution in [0.3, 0.4) is 0 Å². The molecule has 0 saturated carbocycles. The molecule has 0 aromatic heterocycles. The minimum absolute atomic E-state index is 0.694. The fourth-order valence-electron chi connectivity index (χ4n) is 2.41. The van der Waals surface area contributed by atoms with Crippen LogP contribution in [0.5, 0.6) is 0 Å². The van der Waals surface area contributed by atoms with E-state index in [1.807, 2.05) is 24.5 Å². The van der Waals surface area contributed by atoms with Crippen molar-refractivity contribution in [1.29, 1.82) is 5.26 Å². The van der Waals surface area contributed by atoms with Crippen LogP contribution in [0.25, 0.3) is 0 Å². The molecule has 1 aromatic carbocycles. The summed E-state index contributed by atoms with van der Waals surface area (Å²) in [5, 5.41) is 12.7. The first kappa shape index (κ1) is 13.3. The lowest BCUT2D eigenvalue weighted by atomic mass is 10.1. The molecular weight excluding hydrogens is 242 g/mol. The van der Waals surface area contributed by atoms with Crippen LogP contribution in [-0.4, -0.2) is 37.8 Å². The standard InChI is InChI=1S/C14H19N3S/c1-17-7-6-11(10-17)9-16-13-4-3-5-14(18-2)12(13)8-15/h3-5,11,16H,6-7,9-10H2,1-2H3. The van der Waals surface area contributed by atoms with Crippen LogP contribution in [0.15, 0.2) is 23.1 Å². The van der Waals surface area contributed by atoms with Gasteiger partial charge < -0.3 is 10.2 Å². The molecule has 96 valence electrons. The molecule has 1 unspecified atom stereocenters. The second-order valence-electron chi connectivity index (χ2n) is 4.79. The molecule has 0 amide bonds. The van der Waals surface area contributed by atoms with Gasteiger partial charge in [-0.05, 0) is 44.3 Å². The van der Waals surface area contributed by atoms with Crippen molar-refractivity contribution < 1.29 is 0 Å². The van der Waals surface area contributed by atoms with Gasteiger partial charge in [0.25, 0.3) is 0 Å². The number of nitriles is 1. The Labute approximate surface area is 113 Å². The number of likely N-dealkylation sites (tertiary alicyclic amines) is 1. The van der Waals surface area contributed by atoms with Gasteiger partial charge >= 0.3 is 0 Å². The summed E-state index contributed by atoms with van der Waals surface area (Å²) in [6, 6.07) is 8.31. The molecule has 1 aliphatic rings. The summed E-state index contributed by atoms with van der Waals surface area (Å²) >= 11 is 1.62. The Hall–Kier alpha value is -1.18. The lowest BCUT2D eigenvalue weighted by molar-refractivity contribution is 0.399. The number of hydrogen-bond donors (Lipinski definition) is 1. The summed E-state index contributed by atoms with van der Waals surface area (Å²) in [4.78, 5) is 3.40. The minimum atomic E-state index is 0.694. The summed E-state index contributed by atoms with van der Waals surface area (Å²) in [5.41, 5.74) is 1.75. The number of hydrogen-bond acceptors (Lipinski definition) is 4. The maximum atomic E-state index is 9.25. The predicted molar refractivity (Wildman–Crippen MR) is 77.0 cm³/mol. The zero-order chi connectivity index (χ0) is 13.0. The van der Waals surface area contributed by atoms with E-state index in [2.05, 4.69) is 23.3 Å². The Morgan fingerprint density at radius 2 is 2.39 bits per heavy atom. The third-order valence-electron chi connectivity index (χ3n) is 3.43. The average molecular weight is 261 g/mol. The van der Waals surface area contributed by atoms with E-state index in [4.69, 9.17) is 0 Å². The summed E-state index contributed by atoms with van der Waals surface area (Å²) in [6.45, 7) is 3.29. The van der Waals surface area contributed by atoms with Crippen molar-refractivity contribution in [3.8, 4) is 6.07 Å². The molecule has 1 aromatic rings. The molecule has 0 radical (unpaired) electrons. The van der Waals surface area contributed by atoms with Crippen LogP contribution in [-0.2, 0) is 0 Å². The van der Waals surface area contributed by atoms with Gasteiger partial charge in [-0.2, -0.15) is 5.26 Å². The predicted octanol–water partition coefficient (Wildman–Crippen LogP) is 2.64. The van der Waals surface area contributed by atoms with Gasteiger partial charge in [0.15, 0.2) is 0 Å². The maximum Gasteiger partial charge on any atom is 0.102 e. The van der Waals surface area contributed by atoms with Crippen LogP contribution in [0, 0.1) is 17.2 Å². The van der Waals surface area contributed by atoms with Crippen molar-refractivity contribution in [1.82, 2.24) is 4.90 Å². The number of nitrogens with zero attached hydrogens (tertiary/aromatic N) is 2. The number of benzene rings is 1. The van der Waals surface area contributed by atoms with Gasteiger partial charge in [-0.3, -0.25) is 0 Å². The number of rotatable bonds is 4. The van der Waals surface area contributed by atoms with Gasteiger partial charge in [0.1, 0.15) is 6.07 Å². The zero-order valence-electron chi connectivity index (χ0n) is 10.9. The molecule has 0 bridgehead atoms. The van der Waals surface area contributed by atoms with Gasteiger partial charge in [0.2, 0.25) is 0 Å². The Kier molecular flexibility index (Phi) is 4.51. The Balaban J connectivity index is 2.03. The van der Waals surface area contributed by atoms with Gasteiger partial charge in [0.05, 0.1) is 11.3 Å². The quantitative estimate of drug-likeness (QED) is 0.846. The third kappa shape index (κ3) is 2.98. The summed E-state index contributed by atoms with van der Waals surface area (Å²) in [6.07, 6.45) is 3.25. The van der Waals surface area contributed by atoms with Crippen molar-refractivity contribution in [3.63, 3.8) is 0 Å². The smallest absolute Gasteiger partial charge is 0.102 e. The molecular formula is C14H19N3S. The van der Waals surface area contributed by atoms with E-state index >= 15 is 0 Å². The zero-order valence-corrected chi connectivity index (χ0v) is 11.8. The van der Waals surface area contributed by atoms with Gasteiger partial charge in [-0.25, -0.2) is 0 Å². The van der Waals surface area contributed by atoms with E-state index in [-0.39, 0.29) is 0 Å². The topological polar surface area (TPSA) is 39.1 Å². The molecule has 1 aliphatic heterocycles. The molecule has 1 fully saturated rings. The van der Waals surface area contributed by atoms with Gasteiger partial charge in [-0.15, -0.1) is 11.8 Å². The fraction of sp³-hybridized carbons (Fsp3) is 0.500. The van der Waals surface area contributed by atoms with E-state index in [0.29, 0.717) is 5.92 Å². The maximum absolute atomic E-state index is 9.25. The lowest BCUT2D eigenvalue weighted by Crippen LogP contribution is -2.19. The average Bonchev–Trinajstić information content (AvgIpc) is 2.81. The van der Waals surface area contributed by atoms with Crippen molar-refractivity contribution in [3.05, 3.63) is 23.8 Å². The first-order valence-corrected chi connectivity index (χ1v) is 7.46. The van der Waals surface area contributed by atoms with Crippen molar-refractivity contribution in [2.75, 3.05) is 38.3 Å². The van der Waals surface area contributed by atoms with Crippen LogP contribution < -0.4 is 5.32 Å². The SMILES string of the molecule is CSc1cccc(NCC2CCN(C)C2)c1C#N. The van der Waals surface area contributed by atoms with Crippen LogP contribution in [0.1, 0.15) is 12.0 Å². The van der Waals surface area contributed by atoms with Gasteiger partial charge in [-0.1, -0.05) is 6.07 Å². The Morgan fingerprint density at radius 3 is 3.00 bits per heavy atom. The van der Waals surface area contributed by atoms with Crippen molar-refractivity contribution >= 4 is 17.4 Å². The fourth-order valence-corrected chi connectivity index (χ4v) is 2.99. The van der Waals surface area contributed by atoms with Gasteiger partial charge in [0, 0.05) is 18.0 Å². The second kappa shape index (κ2) is 6.12. The van der Waals surface area contributed by atoms with E-state index < -0.39 is 0 Å². The first-order valence-electron chi connectivity index (χ1n) is 6.24. The minimum Gasteiger partial charge on any atom is -0.384 e. The molecule has 2 rings (SSSR count). The molecule has 1 saturated heterocycles. The van der Waals surface area contributed by atoms with E-state index in [9.17, 15) is 5.26 Å². The summed E-state index contributed by atoms with van der Waals surface area (Å²) < 4.78 is 0. The molecule has 1 N–H and O–H groups in total. The van der Waals surface area contributed by atoms with E-state index in [1.54, 1.807) is 11.8 Å². The first-order chi connectivity index (χ1) is 8.74. The molecule has 3 nitrogen and oxygen atoms in total. The van der Waals surface area contributed by atoms with Crippen LogP contribution >= 0.6 is 11.8 Å². The highest BCUT2D eigenvalue weighted by atomic mass is 32.2. The molecule has 1 atom stereocenters. The van der Waals surface area contributed by atoms with Crippen LogP contribution in [0.4, 0.5) is 5.69 Å². The number of thioether (sulfide) groups is 1. The van der Waals surface area contributed by atoms with Crippen molar-refractivity contribution in [2.24, 2.45) is 5.92 Å². The number of anilines is 1. The normalized spacial score (nSPS) is 19.7. The summed E-state index contributed by atoms with van der Waals surface area (Å²) in [7, 11) is 2.16. The highest BCUT2D eigenvalue weighted by molar-refractivity contribution is 7.98. The van der Waals surface area contributed by atoms with Crippen LogP contribution in [0.2, 0.25) is 0 Å². The van der Waals surface area contributed by atoms with E-state index in [0.717, 1.165) is 29.2 Å². The Bertz CT molecular complexity index is 453. The molecule has 4 heteroatoms. The Morgan fingerprint density at radius 1 is 1.56 bits per heavy atom. The second-order valence-corrected chi connectivity index (χ2v) is 5.64. The molecule has 0 spiro atoms. The highest BCUT2D eigenvalue weighted by Crippen LogP contribution is 2.26. The lowest BCUT2D eigenvalue weighted by Gasteiger charge is -2.14. The molecule has 18 heavy (non-hydrogen) atoms. The monoisotopic (exact) mass is 261 g/mol.